The number of hydrogen-bond acceptors (Lipinski definition) is 2. The van der Waals surface area contributed by atoms with Crippen molar-refractivity contribution in [1.29, 1.82) is 0 Å². The summed E-state index contributed by atoms with van der Waals surface area (Å²) < 4.78 is 0. The first-order chi connectivity index (χ1) is 7.42. The van der Waals surface area contributed by atoms with Crippen LogP contribution in [0.15, 0.2) is 31.0 Å². The van der Waals surface area contributed by atoms with E-state index in [1.165, 1.54) is 5.69 Å². The van der Waals surface area contributed by atoms with Gasteiger partial charge in [-0.1, -0.05) is 6.08 Å². The Morgan fingerprint density at radius 3 is 2.87 bits per heavy atom. The topological polar surface area (TPSA) is 31.1 Å². The fraction of sp³-hybridized carbons (Fsp3) is 0.500. The van der Waals surface area contributed by atoms with Gasteiger partial charge in [0.2, 0.25) is 0 Å². The summed E-state index contributed by atoms with van der Waals surface area (Å²) in [5, 5.41) is 3.38. The lowest BCUT2D eigenvalue weighted by Gasteiger charge is -2.34. The van der Waals surface area contributed by atoms with Crippen molar-refractivity contribution in [1.82, 2.24) is 15.2 Å². The van der Waals surface area contributed by atoms with E-state index in [2.05, 4.69) is 33.9 Å². The van der Waals surface area contributed by atoms with E-state index in [-0.39, 0.29) is 0 Å². The number of aromatic amines is 1. The standard InChI is InChI=1S/C12H19N3/c1-2-4-12(11-5-3-6-14-11)15-9-7-13-8-10-15/h2-3,5-6,12-14H,1,4,7-10H2/t12-/m0/s1. The van der Waals surface area contributed by atoms with E-state index in [1.807, 2.05) is 12.3 Å². The first kappa shape index (κ1) is 10.5. The van der Waals surface area contributed by atoms with Gasteiger partial charge in [0.05, 0.1) is 6.04 Å². The smallest absolute Gasteiger partial charge is 0.0533 e. The van der Waals surface area contributed by atoms with E-state index in [9.17, 15) is 0 Å². The highest BCUT2D eigenvalue weighted by atomic mass is 15.2. The van der Waals surface area contributed by atoms with Gasteiger partial charge in [0.15, 0.2) is 0 Å². The predicted octanol–water partition coefficient (Wildman–Crippen LogP) is 1.54. The van der Waals surface area contributed by atoms with Crippen LogP contribution in [0.4, 0.5) is 0 Å². The van der Waals surface area contributed by atoms with Crippen LogP contribution in [-0.2, 0) is 0 Å². The minimum absolute atomic E-state index is 0.472. The summed E-state index contributed by atoms with van der Waals surface area (Å²) in [6, 6.07) is 4.70. The fourth-order valence-corrected chi connectivity index (χ4v) is 2.18. The maximum atomic E-state index is 3.85. The molecule has 2 heterocycles. The number of rotatable bonds is 4. The zero-order valence-corrected chi connectivity index (χ0v) is 9.08. The van der Waals surface area contributed by atoms with Crippen molar-refractivity contribution in [3.05, 3.63) is 36.7 Å². The molecule has 1 aromatic heterocycles. The predicted molar refractivity (Wildman–Crippen MR) is 62.8 cm³/mol. The fourth-order valence-electron chi connectivity index (χ4n) is 2.18. The van der Waals surface area contributed by atoms with Gasteiger partial charge in [-0.15, -0.1) is 6.58 Å². The number of piperazine rings is 1. The first-order valence-corrected chi connectivity index (χ1v) is 5.61. The van der Waals surface area contributed by atoms with Crippen molar-refractivity contribution in [3.63, 3.8) is 0 Å². The average molecular weight is 205 g/mol. The van der Waals surface area contributed by atoms with Gasteiger partial charge in [0, 0.05) is 38.1 Å². The number of H-pyrrole nitrogens is 1. The van der Waals surface area contributed by atoms with E-state index in [0.717, 1.165) is 32.6 Å². The summed E-state index contributed by atoms with van der Waals surface area (Å²) in [4.78, 5) is 5.83. The van der Waals surface area contributed by atoms with Crippen LogP contribution in [0.1, 0.15) is 18.2 Å². The van der Waals surface area contributed by atoms with Crippen LogP contribution in [0.3, 0.4) is 0 Å². The van der Waals surface area contributed by atoms with Gasteiger partial charge in [-0.3, -0.25) is 4.90 Å². The molecule has 2 rings (SSSR count). The molecule has 0 aromatic carbocycles. The summed E-state index contributed by atoms with van der Waals surface area (Å²) in [5.41, 5.74) is 1.30. The van der Waals surface area contributed by atoms with Gasteiger partial charge in [-0.25, -0.2) is 0 Å². The molecule has 0 radical (unpaired) electrons. The molecule has 1 aliphatic rings. The largest absolute Gasteiger partial charge is 0.364 e. The van der Waals surface area contributed by atoms with Crippen molar-refractivity contribution in [2.24, 2.45) is 0 Å². The van der Waals surface area contributed by atoms with Gasteiger partial charge in [-0.05, 0) is 18.6 Å². The van der Waals surface area contributed by atoms with Crippen molar-refractivity contribution in [2.45, 2.75) is 12.5 Å². The number of nitrogens with zero attached hydrogens (tertiary/aromatic N) is 1. The minimum Gasteiger partial charge on any atom is -0.364 e. The third-order valence-corrected chi connectivity index (χ3v) is 2.96. The molecule has 1 aromatic rings. The summed E-state index contributed by atoms with van der Waals surface area (Å²) in [6.07, 6.45) is 5.02. The maximum absolute atomic E-state index is 3.85. The van der Waals surface area contributed by atoms with Crippen LogP contribution < -0.4 is 5.32 Å². The molecule has 82 valence electrons. The van der Waals surface area contributed by atoms with E-state index in [4.69, 9.17) is 0 Å². The molecule has 3 heteroatoms. The Labute approximate surface area is 91.2 Å². The highest BCUT2D eigenvalue weighted by molar-refractivity contribution is 5.11. The molecule has 2 N–H and O–H groups in total. The zero-order chi connectivity index (χ0) is 10.5. The van der Waals surface area contributed by atoms with Crippen LogP contribution in [0.5, 0.6) is 0 Å². The van der Waals surface area contributed by atoms with Gasteiger partial charge in [0.25, 0.3) is 0 Å². The quantitative estimate of drug-likeness (QED) is 0.730. The molecule has 1 aliphatic heterocycles. The molecule has 0 saturated carbocycles. The van der Waals surface area contributed by atoms with Crippen LogP contribution >= 0.6 is 0 Å². The molecule has 1 fully saturated rings. The highest BCUT2D eigenvalue weighted by Crippen LogP contribution is 2.23. The Kier molecular flexibility index (Phi) is 3.59. The maximum Gasteiger partial charge on any atom is 0.0533 e. The van der Waals surface area contributed by atoms with Gasteiger partial charge in [-0.2, -0.15) is 0 Å². The van der Waals surface area contributed by atoms with Crippen LogP contribution in [0.2, 0.25) is 0 Å². The molecule has 0 unspecified atom stereocenters. The SMILES string of the molecule is C=CC[C@@H](c1ccc[nH]1)N1CCNCC1. The molecule has 0 amide bonds. The Morgan fingerprint density at radius 1 is 1.47 bits per heavy atom. The number of nitrogens with one attached hydrogen (secondary N) is 2. The van der Waals surface area contributed by atoms with Crippen molar-refractivity contribution < 1.29 is 0 Å². The lowest BCUT2D eigenvalue weighted by atomic mass is 10.1. The molecule has 1 atom stereocenters. The Bertz CT molecular complexity index is 286. The van der Waals surface area contributed by atoms with E-state index < -0.39 is 0 Å². The molecule has 15 heavy (non-hydrogen) atoms. The average Bonchev–Trinajstić information content (AvgIpc) is 2.80. The lowest BCUT2D eigenvalue weighted by Crippen LogP contribution is -2.45. The second-order valence-corrected chi connectivity index (χ2v) is 3.95. The summed E-state index contributed by atoms with van der Waals surface area (Å²) in [7, 11) is 0. The van der Waals surface area contributed by atoms with E-state index in [1.54, 1.807) is 0 Å². The third kappa shape index (κ3) is 2.49. The number of aromatic nitrogens is 1. The molecule has 0 spiro atoms. The van der Waals surface area contributed by atoms with Crippen LogP contribution in [0.25, 0.3) is 0 Å². The van der Waals surface area contributed by atoms with Gasteiger partial charge in [0.1, 0.15) is 0 Å². The minimum atomic E-state index is 0.472. The molecular weight excluding hydrogens is 186 g/mol. The van der Waals surface area contributed by atoms with Crippen LogP contribution in [0, 0.1) is 0 Å². The summed E-state index contributed by atoms with van der Waals surface area (Å²) in [5.74, 6) is 0. The van der Waals surface area contributed by atoms with E-state index in [0.29, 0.717) is 6.04 Å². The Hall–Kier alpha value is -1.06. The lowest BCUT2D eigenvalue weighted by molar-refractivity contribution is 0.172. The third-order valence-electron chi connectivity index (χ3n) is 2.96. The highest BCUT2D eigenvalue weighted by Gasteiger charge is 2.21. The van der Waals surface area contributed by atoms with Crippen LogP contribution in [-0.4, -0.2) is 36.1 Å². The van der Waals surface area contributed by atoms with Crippen molar-refractivity contribution >= 4 is 0 Å². The monoisotopic (exact) mass is 205 g/mol. The normalized spacial score (nSPS) is 20.0. The Balaban J connectivity index is 2.07. The number of hydrogen-bond donors (Lipinski definition) is 2. The second kappa shape index (κ2) is 5.14. The Morgan fingerprint density at radius 2 is 2.27 bits per heavy atom. The van der Waals surface area contributed by atoms with E-state index >= 15 is 0 Å². The molecule has 0 aliphatic carbocycles. The van der Waals surface area contributed by atoms with Crippen molar-refractivity contribution in [3.8, 4) is 0 Å². The van der Waals surface area contributed by atoms with Gasteiger partial charge < -0.3 is 10.3 Å². The first-order valence-electron chi connectivity index (χ1n) is 5.61. The van der Waals surface area contributed by atoms with Crippen molar-refractivity contribution in [2.75, 3.05) is 26.2 Å². The molecule has 0 bridgehead atoms. The molecule has 1 saturated heterocycles. The second-order valence-electron chi connectivity index (χ2n) is 3.95. The van der Waals surface area contributed by atoms with Gasteiger partial charge >= 0.3 is 0 Å². The zero-order valence-electron chi connectivity index (χ0n) is 9.08. The summed E-state index contributed by atoms with van der Waals surface area (Å²) >= 11 is 0. The molecular formula is C12H19N3. The molecule has 3 nitrogen and oxygen atoms in total. The summed E-state index contributed by atoms with van der Waals surface area (Å²) in [6.45, 7) is 8.28.